The Balaban J connectivity index is 2.05. The number of hydrogen-bond acceptors (Lipinski definition) is 3. The maximum atomic E-state index is 9.16. The summed E-state index contributed by atoms with van der Waals surface area (Å²) in [5.41, 5.74) is 2.41. The lowest BCUT2D eigenvalue weighted by molar-refractivity contribution is 0.109. The molecule has 18 heavy (non-hydrogen) atoms. The minimum absolute atomic E-state index is 0.299. The van der Waals surface area contributed by atoms with E-state index in [0.29, 0.717) is 12.6 Å². The summed E-state index contributed by atoms with van der Waals surface area (Å²) >= 11 is 0. The number of piperidine rings is 1. The number of nitrogens with zero attached hydrogens (tertiary/aromatic N) is 3. The Bertz CT molecular complexity index is 373. The highest BCUT2D eigenvalue weighted by Gasteiger charge is 2.22. The Hall–Kier alpha value is -0.870. The molecule has 1 aromatic heterocycles. The van der Waals surface area contributed by atoms with Crippen molar-refractivity contribution in [2.24, 2.45) is 0 Å². The van der Waals surface area contributed by atoms with Crippen LogP contribution >= 0.6 is 0 Å². The first kappa shape index (κ1) is 13.6. The summed E-state index contributed by atoms with van der Waals surface area (Å²) < 4.78 is 2.10. The molecule has 1 aliphatic rings. The van der Waals surface area contributed by atoms with Gasteiger partial charge in [0.15, 0.2) is 0 Å². The second kappa shape index (κ2) is 6.34. The molecule has 1 aliphatic heterocycles. The smallest absolute Gasteiger partial charge is 0.0597 e. The van der Waals surface area contributed by atoms with Crippen molar-refractivity contribution in [3.63, 3.8) is 0 Å². The Labute approximate surface area is 110 Å². The summed E-state index contributed by atoms with van der Waals surface area (Å²) in [4.78, 5) is 2.52. The molecule has 0 bridgehead atoms. The predicted molar refractivity (Wildman–Crippen MR) is 72.4 cm³/mol. The van der Waals surface area contributed by atoms with E-state index in [2.05, 4.69) is 34.6 Å². The van der Waals surface area contributed by atoms with E-state index in [4.69, 9.17) is 5.11 Å². The van der Waals surface area contributed by atoms with E-state index in [0.717, 1.165) is 31.7 Å². The van der Waals surface area contributed by atoms with Gasteiger partial charge in [0, 0.05) is 25.7 Å². The average Bonchev–Trinajstić information content (AvgIpc) is 2.72. The van der Waals surface area contributed by atoms with Crippen LogP contribution < -0.4 is 0 Å². The van der Waals surface area contributed by atoms with Crippen molar-refractivity contribution in [2.75, 3.05) is 13.2 Å². The van der Waals surface area contributed by atoms with Gasteiger partial charge in [0.05, 0.1) is 11.4 Å². The lowest BCUT2D eigenvalue weighted by Gasteiger charge is -2.35. The van der Waals surface area contributed by atoms with Crippen molar-refractivity contribution in [3.05, 3.63) is 17.5 Å². The van der Waals surface area contributed by atoms with Crippen molar-refractivity contribution in [1.82, 2.24) is 14.7 Å². The molecule has 4 heteroatoms. The summed E-state index contributed by atoms with van der Waals surface area (Å²) in [7, 11) is 0. The number of aromatic nitrogens is 2. The van der Waals surface area contributed by atoms with Gasteiger partial charge in [0.2, 0.25) is 0 Å². The topological polar surface area (TPSA) is 41.3 Å². The summed E-state index contributed by atoms with van der Waals surface area (Å²) in [5.74, 6) is 0. The SMILES string of the molecule is CCn1nc(C)cc1CN1CCCCC1CCO. The number of likely N-dealkylation sites (tertiary alicyclic amines) is 1. The lowest BCUT2D eigenvalue weighted by Crippen LogP contribution is -2.39. The number of aryl methyl sites for hydroxylation is 2. The molecule has 0 radical (unpaired) electrons. The zero-order valence-electron chi connectivity index (χ0n) is 11.6. The maximum absolute atomic E-state index is 9.16. The number of hydrogen-bond donors (Lipinski definition) is 1. The highest BCUT2D eigenvalue weighted by atomic mass is 16.3. The van der Waals surface area contributed by atoms with Gasteiger partial charge in [-0.15, -0.1) is 0 Å². The first-order valence-corrected chi connectivity index (χ1v) is 7.12. The zero-order valence-corrected chi connectivity index (χ0v) is 11.6. The Morgan fingerprint density at radius 2 is 2.28 bits per heavy atom. The molecular weight excluding hydrogens is 226 g/mol. The monoisotopic (exact) mass is 251 g/mol. The van der Waals surface area contributed by atoms with Crippen LogP contribution in [0.1, 0.15) is 44.0 Å². The molecule has 0 saturated carbocycles. The van der Waals surface area contributed by atoms with Gasteiger partial charge in [0.1, 0.15) is 0 Å². The molecule has 0 aliphatic carbocycles. The predicted octanol–water partition coefficient (Wildman–Crippen LogP) is 1.95. The van der Waals surface area contributed by atoms with Gasteiger partial charge in [-0.2, -0.15) is 5.10 Å². The molecular formula is C14H25N3O. The molecule has 0 amide bonds. The van der Waals surface area contributed by atoms with Gasteiger partial charge in [-0.3, -0.25) is 9.58 Å². The lowest BCUT2D eigenvalue weighted by atomic mass is 9.99. The van der Waals surface area contributed by atoms with E-state index in [9.17, 15) is 0 Å². The summed E-state index contributed by atoms with van der Waals surface area (Å²) in [5, 5.41) is 13.7. The quantitative estimate of drug-likeness (QED) is 0.869. The van der Waals surface area contributed by atoms with Crippen LogP contribution in [0.5, 0.6) is 0 Å². The second-order valence-corrected chi connectivity index (χ2v) is 5.23. The molecule has 102 valence electrons. The van der Waals surface area contributed by atoms with Crippen molar-refractivity contribution in [3.8, 4) is 0 Å². The van der Waals surface area contributed by atoms with E-state index in [1.54, 1.807) is 0 Å². The fourth-order valence-corrected chi connectivity index (χ4v) is 2.95. The third-order valence-electron chi connectivity index (χ3n) is 3.86. The van der Waals surface area contributed by atoms with Crippen LogP contribution in [0, 0.1) is 6.92 Å². The molecule has 1 atom stereocenters. The van der Waals surface area contributed by atoms with Crippen molar-refractivity contribution >= 4 is 0 Å². The zero-order chi connectivity index (χ0) is 13.0. The Morgan fingerprint density at radius 3 is 3.00 bits per heavy atom. The second-order valence-electron chi connectivity index (χ2n) is 5.23. The largest absolute Gasteiger partial charge is 0.396 e. The molecule has 0 aromatic carbocycles. The summed E-state index contributed by atoms with van der Waals surface area (Å²) in [6, 6.07) is 2.73. The normalized spacial score (nSPS) is 21.4. The molecule has 1 unspecified atom stereocenters. The van der Waals surface area contributed by atoms with Crippen LogP contribution in [0.25, 0.3) is 0 Å². The third-order valence-corrected chi connectivity index (χ3v) is 3.86. The molecule has 4 nitrogen and oxygen atoms in total. The van der Waals surface area contributed by atoms with Crippen molar-refractivity contribution in [2.45, 2.75) is 58.7 Å². The minimum atomic E-state index is 0.299. The van der Waals surface area contributed by atoms with Crippen LogP contribution in [0.4, 0.5) is 0 Å². The van der Waals surface area contributed by atoms with Crippen LogP contribution in [0.2, 0.25) is 0 Å². The van der Waals surface area contributed by atoms with Gasteiger partial charge in [-0.25, -0.2) is 0 Å². The van der Waals surface area contributed by atoms with E-state index in [1.807, 2.05) is 0 Å². The first-order valence-electron chi connectivity index (χ1n) is 7.12. The fraction of sp³-hybridized carbons (Fsp3) is 0.786. The van der Waals surface area contributed by atoms with Crippen molar-refractivity contribution < 1.29 is 5.11 Å². The number of aliphatic hydroxyl groups is 1. The number of aliphatic hydroxyl groups excluding tert-OH is 1. The molecule has 2 rings (SSSR count). The molecule has 0 spiro atoms. The summed E-state index contributed by atoms with van der Waals surface area (Å²) in [6.45, 7) is 7.54. The van der Waals surface area contributed by atoms with Crippen LogP contribution in [0.3, 0.4) is 0 Å². The Kier molecular flexibility index (Phi) is 4.78. The maximum Gasteiger partial charge on any atom is 0.0597 e. The van der Waals surface area contributed by atoms with E-state index in [1.165, 1.54) is 25.0 Å². The van der Waals surface area contributed by atoms with E-state index in [-0.39, 0.29) is 0 Å². The Morgan fingerprint density at radius 1 is 1.44 bits per heavy atom. The van der Waals surface area contributed by atoms with Gasteiger partial charge >= 0.3 is 0 Å². The summed E-state index contributed by atoms with van der Waals surface area (Å²) in [6.07, 6.45) is 4.70. The van der Waals surface area contributed by atoms with Gasteiger partial charge in [-0.1, -0.05) is 6.42 Å². The fourth-order valence-electron chi connectivity index (χ4n) is 2.95. The number of rotatable bonds is 5. The average molecular weight is 251 g/mol. The first-order chi connectivity index (χ1) is 8.74. The third kappa shape index (κ3) is 3.12. The van der Waals surface area contributed by atoms with Crippen LogP contribution in [-0.2, 0) is 13.1 Å². The van der Waals surface area contributed by atoms with E-state index < -0.39 is 0 Å². The van der Waals surface area contributed by atoms with E-state index >= 15 is 0 Å². The molecule has 1 fully saturated rings. The minimum Gasteiger partial charge on any atom is -0.396 e. The molecule has 1 N–H and O–H groups in total. The van der Waals surface area contributed by atoms with Crippen LogP contribution in [0.15, 0.2) is 6.07 Å². The van der Waals surface area contributed by atoms with Gasteiger partial charge in [-0.05, 0) is 45.7 Å². The van der Waals surface area contributed by atoms with Gasteiger partial charge in [0.25, 0.3) is 0 Å². The van der Waals surface area contributed by atoms with Crippen LogP contribution in [-0.4, -0.2) is 39.0 Å². The standard InChI is InChI=1S/C14H25N3O/c1-3-17-14(10-12(2)15-17)11-16-8-5-4-6-13(16)7-9-18/h10,13,18H,3-9,11H2,1-2H3. The van der Waals surface area contributed by atoms with Gasteiger partial charge < -0.3 is 5.11 Å². The molecule has 1 aromatic rings. The highest BCUT2D eigenvalue weighted by Crippen LogP contribution is 2.22. The molecule has 1 saturated heterocycles. The highest BCUT2D eigenvalue weighted by molar-refractivity contribution is 5.09. The van der Waals surface area contributed by atoms with Crippen molar-refractivity contribution in [1.29, 1.82) is 0 Å². The molecule has 2 heterocycles.